The zero-order valence-electron chi connectivity index (χ0n) is 62.4. The molecule has 0 aliphatic carbocycles. The number of thiophene rings is 4. The first-order chi connectivity index (χ1) is 53.9. The normalized spacial score (nSPS) is 10.7. The molecule has 4 aromatic heterocycles. The van der Waals surface area contributed by atoms with E-state index in [0.717, 1.165) is 53.6 Å². The van der Waals surface area contributed by atoms with Crippen molar-refractivity contribution in [3.05, 3.63) is 364 Å². The smallest absolute Gasteiger partial charge is 0.870 e. The summed E-state index contributed by atoms with van der Waals surface area (Å²) in [5, 5.41) is 42.5. The standard InChI is InChI=1S/C40H22S2.C19H16O.C16H10.C14H9Br.C8H4I2S2.C5H8O.Na.H2O/c1-5-13-33-27(9-1)25-28-10-2-6-14-34(28)37(33)21-17-31-19-23-39(41-31)40-24-20-32(42-40)18-22-38-35-15-7-3-11-29(35)26-30-12-4-8-16-36(30)38;1-19(2,20)12-11-18-16-9-5-3-7-14(16)13-15-8-4-6-10-17(15)18;1-2-14-15-9-5-3-7-12(15)11-13-8-4-6-10-16(13)14;15-14-12-7-3-1-5-10(12)9-11-6-2-4-8-13(11)14;9-7-3-1-5(11-7)6-2-4-8(10)12-6;1-4-5(2,3)6;;/h1-16,19-20,23-26H;3-10,13,20H,1-2H3;1,3-11H;1-9H;1-4H;1,6H,2-3H3;;1H2/q;;;;;;+1;/p-1. The van der Waals surface area contributed by atoms with E-state index in [1.807, 2.05) is 71.2 Å². The summed E-state index contributed by atoms with van der Waals surface area (Å²) in [5.41, 5.74) is 2.24. The second-order valence-corrected chi connectivity index (χ2v) is 36.0. The summed E-state index contributed by atoms with van der Waals surface area (Å²) < 4.78 is 3.90. The first-order valence-corrected chi connectivity index (χ1v) is 42.0. The molecule has 0 fully saturated rings. The molecule has 11 heteroatoms. The van der Waals surface area contributed by atoms with Crippen LogP contribution >= 0.6 is 106 Å². The Morgan fingerprint density at radius 3 is 0.752 bits per heavy atom. The topological polar surface area (TPSA) is 70.5 Å². The molecule has 0 aliphatic rings. The maximum atomic E-state index is 9.85. The van der Waals surface area contributed by atoms with Crippen LogP contribution in [0, 0.1) is 66.0 Å². The van der Waals surface area contributed by atoms with E-state index < -0.39 is 11.2 Å². The van der Waals surface area contributed by atoms with Gasteiger partial charge in [-0.15, -0.1) is 58.2 Å². The monoisotopic (exact) mass is 1830 g/mol. The van der Waals surface area contributed by atoms with Crippen molar-refractivity contribution in [2.75, 3.05) is 0 Å². The van der Waals surface area contributed by atoms with Crippen LogP contribution in [-0.4, -0.2) is 26.9 Å². The average molecular weight is 1830 g/mol. The summed E-state index contributed by atoms with van der Waals surface area (Å²) in [5.74, 6) is 25.1. The molecule has 0 spiro atoms. The maximum Gasteiger partial charge on any atom is 1.00 e. The molecule has 113 heavy (non-hydrogen) atoms. The zero-order valence-corrected chi connectivity index (χ0v) is 73.5. The molecule has 0 saturated carbocycles. The van der Waals surface area contributed by atoms with Gasteiger partial charge >= 0.3 is 29.6 Å². The molecule has 3 N–H and O–H groups in total. The van der Waals surface area contributed by atoms with Gasteiger partial charge in [-0.25, -0.2) is 0 Å². The number of terminal acetylenes is 2. The Balaban J connectivity index is 0.000000139. The Morgan fingerprint density at radius 2 is 0.513 bits per heavy atom. The van der Waals surface area contributed by atoms with Gasteiger partial charge in [0.25, 0.3) is 0 Å². The van der Waals surface area contributed by atoms with Crippen LogP contribution in [0.5, 0.6) is 0 Å². The van der Waals surface area contributed by atoms with Crippen LogP contribution in [0.3, 0.4) is 0 Å². The molecule has 0 saturated heterocycles. The molecule has 0 amide bonds. The first-order valence-electron chi connectivity index (χ1n) is 35.8. The Bertz CT molecular complexity index is 6520. The first kappa shape index (κ1) is 82.8. The third-order valence-corrected chi connectivity index (χ3v) is 25.3. The number of aliphatic hydroxyl groups is 2. The van der Waals surface area contributed by atoms with Gasteiger partial charge in [-0.3, -0.25) is 0 Å². The van der Waals surface area contributed by atoms with E-state index >= 15 is 0 Å². The number of fused-ring (bicyclic) bond motifs is 10. The minimum absolute atomic E-state index is 0. The predicted molar refractivity (Wildman–Crippen MR) is 506 cm³/mol. The van der Waals surface area contributed by atoms with Gasteiger partial charge in [0.2, 0.25) is 0 Å². The van der Waals surface area contributed by atoms with Gasteiger partial charge in [0, 0.05) is 46.2 Å². The summed E-state index contributed by atoms with van der Waals surface area (Å²) in [4.78, 5) is 7.32. The Kier molecular flexibility index (Phi) is 27.8. The van der Waals surface area contributed by atoms with Crippen LogP contribution in [0.1, 0.15) is 59.7 Å². The van der Waals surface area contributed by atoms with E-state index in [9.17, 15) is 5.11 Å². The summed E-state index contributed by atoms with van der Waals surface area (Å²) >= 11 is 15.6. The third kappa shape index (κ3) is 20.3. The Labute approximate surface area is 733 Å². The summed E-state index contributed by atoms with van der Waals surface area (Å²) in [6.07, 6.45) is 10.4. The number of rotatable bonds is 2. The van der Waals surface area contributed by atoms with Crippen LogP contribution in [0.15, 0.2) is 326 Å². The summed E-state index contributed by atoms with van der Waals surface area (Å²) in [6, 6.07) is 112. The van der Waals surface area contributed by atoms with Crippen LogP contribution in [-0.2, 0) is 0 Å². The van der Waals surface area contributed by atoms with Crippen LogP contribution < -0.4 is 29.6 Å². The van der Waals surface area contributed by atoms with E-state index in [2.05, 4.69) is 381 Å². The second kappa shape index (κ2) is 38.0. The molecule has 19 rings (SSSR count). The van der Waals surface area contributed by atoms with Crippen molar-refractivity contribution >= 4 is 214 Å². The zero-order chi connectivity index (χ0) is 77.0. The molecule has 0 radical (unpaired) electrons. The average Bonchev–Trinajstić information content (AvgIpc) is 1.73. The molecule has 4 heterocycles. The number of benzene rings is 15. The molecule has 0 atom stereocenters. The summed E-state index contributed by atoms with van der Waals surface area (Å²) in [7, 11) is 0. The van der Waals surface area contributed by atoms with Crippen molar-refractivity contribution in [3.63, 3.8) is 0 Å². The van der Waals surface area contributed by atoms with Crippen LogP contribution in [0.25, 0.3) is 127 Å². The van der Waals surface area contributed by atoms with Crippen molar-refractivity contribution in [2.24, 2.45) is 0 Å². The van der Waals surface area contributed by atoms with E-state index in [1.165, 1.54) is 116 Å². The number of hydrogen-bond acceptors (Lipinski definition) is 7. The van der Waals surface area contributed by atoms with Gasteiger partial charge in [-0.05, 0) is 275 Å². The molecule has 0 bridgehead atoms. The van der Waals surface area contributed by atoms with E-state index in [0.29, 0.717) is 0 Å². The van der Waals surface area contributed by atoms with Gasteiger partial charge < -0.3 is 15.7 Å². The van der Waals surface area contributed by atoms with E-state index in [1.54, 1.807) is 50.4 Å². The van der Waals surface area contributed by atoms with Crippen molar-refractivity contribution in [1.29, 1.82) is 0 Å². The predicted octanol–water partition coefficient (Wildman–Crippen LogP) is 25.6. The van der Waals surface area contributed by atoms with Crippen molar-refractivity contribution in [3.8, 4) is 79.7 Å². The van der Waals surface area contributed by atoms with E-state index in [-0.39, 0.29) is 35.0 Å². The Morgan fingerprint density at radius 1 is 0.292 bits per heavy atom. The third-order valence-electron chi connectivity index (χ3n) is 18.2. The van der Waals surface area contributed by atoms with Gasteiger partial charge in [0.05, 0.1) is 15.5 Å². The second-order valence-electron chi connectivity index (χ2n) is 27.1. The van der Waals surface area contributed by atoms with E-state index in [4.69, 9.17) is 18.0 Å². The largest absolute Gasteiger partial charge is 1.00 e. The Hall–Kier alpha value is -9.68. The van der Waals surface area contributed by atoms with Gasteiger partial charge in [-0.1, -0.05) is 290 Å². The molecule has 542 valence electrons. The van der Waals surface area contributed by atoms with Crippen LogP contribution in [0.2, 0.25) is 0 Å². The van der Waals surface area contributed by atoms with Crippen molar-refractivity contribution in [1.82, 2.24) is 0 Å². The minimum Gasteiger partial charge on any atom is -0.870 e. The fourth-order valence-corrected chi connectivity index (χ4v) is 18.9. The molecule has 0 aliphatic heterocycles. The molecular formula is C102H70BrI2NaO3S4. The van der Waals surface area contributed by atoms with Gasteiger partial charge in [0.1, 0.15) is 11.2 Å². The fraction of sp³-hybridized carbons (Fsp3) is 0.0588. The number of hydrogen-bond donors (Lipinski definition) is 2. The molecular weight excluding hydrogens is 1760 g/mol. The molecule has 19 aromatic rings. The maximum absolute atomic E-state index is 9.85. The molecule has 3 nitrogen and oxygen atoms in total. The van der Waals surface area contributed by atoms with Gasteiger partial charge in [0.15, 0.2) is 0 Å². The summed E-state index contributed by atoms with van der Waals surface area (Å²) in [6.45, 7) is 6.53. The van der Waals surface area contributed by atoms with Crippen LogP contribution in [0.4, 0.5) is 0 Å². The number of halogens is 3. The molecule has 0 unspecified atom stereocenters. The quantitative estimate of drug-likeness (QED) is 0.0784. The fourth-order valence-electron chi connectivity index (χ4n) is 13.0. The molecule has 15 aromatic carbocycles. The van der Waals surface area contributed by atoms with Crippen molar-refractivity contribution < 1.29 is 45.2 Å². The SMILES string of the molecule is Brc1c2ccccc2cc2ccccc12.C#CC(C)(C)O.C#Cc1c2ccccc2cc2ccccc12.C(#Cc1c2ccccc2cc2ccccc12)c1ccc(-c2ccc(C#Cc3c4ccccc4cc4ccccc34)s2)s1.CC(C)(O)C#Cc1c2ccccc2cc2ccccc12.Ic1ccc(-c2ccc(I)s2)s1.[Na+].[OH-]. The minimum atomic E-state index is -0.988. The van der Waals surface area contributed by atoms with Crippen molar-refractivity contribution in [2.45, 2.75) is 38.9 Å². The van der Waals surface area contributed by atoms with Gasteiger partial charge in [-0.2, -0.15) is 0 Å².